The van der Waals surface area contributed by atoms with E-state index in [0.29, 0.717) is 6.07 Å². The number of rotatable bonds is 0. The normalized spacial score (nSPS) is 8.47. The summed E-state index contributed by atoms with van der Waals surface area (Å²) in [5, 5.41) is 0. The topological polar surface area (TPSA) is 15.8 Å². The smallest absolute Gasteiger partial charge is 0.161 e. The second-order valence-corrected chi connectivity index (χ2v) is 2.44. The maximum absolute atomic E-state index is 12.0. The van der Waals surface area contributed by atoms with Crippen molar-refractivity contribution in [3.05, 3.63) is 60.2 Å². The zero-order valence-electron chi connectivity index (χ0n) is 7.18. The van der Waals surface area contributed by atoms with Crippen LogP contribution >= 0.6 is 0 Å². The lowest BCUT2D eigenvalue weighted by atomic mass is 10.3. The first-order valence-corrected chi connectivity index (χ1v) is 3.88. The summed E-state index contributed by atoms with van der Waals surface area (Å²) in [6, 6.07) is 5.98. The first-order chi connectivity index (χ1) is 6.70. The first kappa shape index (κ1) is 13.3. The Balaban J connectivity index is 0.000000280. The van der Waals surface area contributed by atoms with Crippen molar-refractivity contribution in [3.8, 4) is 0 Å². The molecule has 0 saturated heterocycles. The molecule has 0 saturated carbocycles. The molecule has 0 atom stereocenters. The number of halogens is 3. The van der Waals surface area contributed by atoms with Crippen LogP contribution in [0.1, 0.15) is 7.43 Å². The Morgan fingerprint density at radius 1 is 0.867 bits per heavy atom. The number of hydrogen-bond donors (Lipinski definition) is 1. The number of aromatic amines is 1. The summed E-state index contributed by atoms with van der Waals surface area (Å²) in [7, 11) is 0. The van der Waals surface area contributed by atoms with Crippen LogP contribution in [0.3, 0.4) is 0 Å². The second kappa shape index (κ2) is 6.70. The van der Waals surface area contributed by atoms with Gasteiger partial charge in [0.15, 0.2) is 11.6 Å². The van der Waals surface area contributed by atoms with Gasteiger partial charge in [0.2, 0.25) is 0 Å². The van der Waals surface area contributed by atoms with E-state index in [2.05, 4.69) is 4.98 Å². The third-order valence-corrected chi connectivity index (χ3v) is 1.38. The largest absolute Gasteiger partial charge is 0.368 e. The monoisotopic (exact) mass is 215 g/mol. The third-order valence-electron chi connectivity index (χ3n) is 1.38. The van der Waals surface area contributed by atoms with Gasteiger partial charge in [-0.25, -0.2) is 13.2 Å². The van der Waals surface area contributed by atoms with Crippen LogP contribution in [0.25, 0.3) is 0 Å². The molecule has 2 aromatic rings. The van der Waals surface area contributed by atoms with Crippen LogP contribution < -0.4 is 0 Å². The zero-order chi connectivity index (χ0) is 10.4. The van der Waals surface area contributed by atoms with Gasteiger partial charge in [-0.1, -0.05) is 7.43 Å². The Morgan fingerprint density at radius 3 is 1.80 bits per heavy atom. The fraction of sp³-hybridized carbons (Fsp3) is 0.0909. The van der Waals surface area contributed by atoms with E-state index in [9.17, 15) is 13.2 Å². The van der Waals surface area contributed by atoms with Gasteiger partial charge in [-0.2, -0.15) is 0 Å². The van der Waals surface area contributed by atoms with Crippen LogP contribution in [-0.2, 0) is 0 Å². The maximum Gasteiger partial charge on any atom is 0.161 e. The molecule has 0 bridgehead atoms. The van der Waals surface area contributed by atoms with E-state index in [1.807, 2.05) is 24.5 Å². The first-order valence-electron chi connectivity index (χ1n) is 3.88. The van der Waals surface area contributed by atoms with Crippen LogP contribution in [0.5, 0.6) is 0 Å². The number of hydrogen-bond acceptors (Lipinski definition) is 0. The quantitative estimate of drug-likeness (QED) is 0.644. The van der Waals surface area contributed by atoms with Gasteiger partial charge in [0.1, 0.15) is 5.82 Å². The number of nitrogens with one attached hydrogen (secondary N) is 1. The Labute approximate surface area is 86.6 Å². The summed E-state index contributed by atoms with van der Waals surface area (Å²) < 4.78 is 35.9. The lowest BCUT2D eigenvalue weighted by Crippen LogP contribution is -1.83. The molecule has 0 amide bonds. The third kappa shape index (κ3) is 4.90. The van der Waals surface area contributed by atoms with Crippen molar-refractivity contribution in [3.63, 3.8) is 0 Å². The molecule has 1 heterocycles. The predicted octanol–water partition coefficient (Wildman–Crippen LogP) is 3.75. The van der Waals surface area contributed by atoms with Gasteiger partial charge >= 0.3 is 0 Å². The minimum absolute atomic E-state index is 0. The van der Waals surface area contributed by atoms with Crippen molar-refractivity contribution in [1.82, 2.24) is 4.98 Å². The lowest BCUT2D eigenvalue weighted by Gasteiger charge is -1.88. The molecule has 1 nitrogen and oxygen atoms in total. The highest BCUT2D eigenvalue weighted by atomic mass is 19.2. The highest BCUT2D eigenvalue weighted by Crippen LogP contribution is 2.05. The molecule has 0 unspecified atom stereocenters. The van der Waals surface area contributed by atoms with Gasteiger partial charge in [-0.15, -0.1) is 0 Å². The molecule has 0 fully saturated rings. The van der Waals surface area contributed by atoms with E-state index in [4.69, 9.17) is 0 Å². The molecule has 2 rings (SSSR count). The van der Waals surface area contributed by atoms with Gasteiger partial charge in [0.25, 0.3) is 0 Å². The van der Waals surface area contributed by atoms with Crippen molar-refractivity contribution >= 4 is 0 Å². The number of aromatic nitrogens is 1. The van der Waals surface area contributed by atoms with Crippen molar-refractivity contribution in [2.24, 2.45) is 0 Å². The van der Waals surface area contributed by atoms with E-state index in [1.54, 1.807) is 0 Å². The molecule has 0 radical (unpaired) electrons. The van der Waals surface area contributed by atoms with Gasteiger partial charge in [0.05, 0.1) is 0 Å². The molecule has 0 spiro atoms. The van der Waals surface area contributed by atoms with Crippen molar-refractivity contribution in [2.45, 2.75) is 7.43 Å². The van der Waals surface area contributed by atoms with Crippen LogP contribution in [0, 0.1) is 17.5 Å². The molecule has 82 valence electrons. The Kier molecular flexibility index (Phi) is 5.94. The van der Waals surface area contributed by atoms with Gasteiger partial charge in [-0.05, 0) is 24.3 Å². The van der Waals surface area contributed by atoms with Gasteiger partial charge < -0.3 is 4.98 Å². The summed E-state index contributed by atoms with van der Waals surface area (Å²) in [6.45, 7) is 0. The van der Waals surface area contributed by atoms with E-state index >= 15 is 0 Å². The van der Waals surface area contributed by atoms with E-state index < -0.39 is 17.5 Å². The lowest BCUT2D eigenvalue weighted by molar-refractivity contribution is 0.495. The standard InChI is InChI=1S/C6H3F3.C4H5N.CH4/c7-4-1-2-5(8)6(9)3-4;1-2-4-5-3-1;/h1-3H;1-5H;1H4. The minimum atomic E-state index is -1.16. The molecule has 1 N–H and O–H groups in total. The van der Waals surface area contributed by atoms with Crippen LogP contribution in [0.4, 0.5) is 13.2 Å². The second-order valence-electron chi connectivity index (χ2n) is 2.44. The summed E-state index contributed by atoms with van der Waals surface area (Å²) in [6.07, 6.45) is 3.75. The summed E-state index contributed by atoms with van der Waals surface area (Å²) in [5.74, 6) is -2.96. The van der Waals surface area contributed by atoms with Crippen molar-refractivity contribution < 1.29 is 13.2 Å². The highest BCUT2D eigenvalue weighted by molar-refractivity contribution is 5.07. The molecule has 0 aliphatic carbocycles. The zero-order valence-corrected chi connectivity index (χ0v) is 7.18. The van der Waals surface area contributed by atoms with E-state index in [0.717, 1.165) is 12.1 Å². The Hall–Kier alpha value is -1.71. The summed E-state index contributed by atoms with van der Waals surface area (Å²) in [5.41, 5.74) is 0. The average molecular weight is 215 g/mol. The van der Waals surface area contributed by atoms with Crippen LogP contribution in [-0.4, -0.2) is 4.98 Å². The van der Waals surface area contributed by atoms with Crippen molar-refractivity contribution in [2.75, 3.05) is 0 Å². The Morgan fingerprint density at radius 2 is 1.47 bits per heavy atom. The summed E-state index contributed by atoms with van der Waals surface area (Å²) in [4.78, 5) is 2.86. The predicted molar refractivity (Wildman–Crippen MR) is 53.8 cm³/mol. The molecule has 1 aromatic carbocycles. The van der Waals surface area contributed by atoms with Crippen LogP contribution in [0.15, 0.2) is 42.7 Å². The fourth-order valence-electron chi connectivity index (χ4n) is 0.748. The number of H-pyrrole nitrogens is 1. The van der Waals surface area contributed by atoms with E-state index in [1.165, 1.54) is 0 Å². The molecule has 0 aliphatic rings. The molecule has 0 aliphatic heterocycles. The highest BCUT2D eigenvalue weighted by Gasteiger charge is 1.99. The van der Waals surface area contributed by atoms with E-state index in [-0.39, 0.29) is 7.43 Å². The molecular formula is C11H12F3N. The van der Waals surface area contributed by atoms with Crippen LogP contribution in [0.2, 0.25) is 0 Å². The molecular weight excluding hydrogens is 203 g/mol. The Bertz CT molecular complexity index is 354. The number of benzene rings is 1. The minimum Gasteiger partial charge on any atom is -0.368 e. The maximum atomic E-state index is 12.0. The SMILES string of the molecule is C.Fc1ccc(F)c(F)c1.c1cc[nH]c1. The average Bonchev–Trinajstić information content (AvgIpc) is 2.69. The van der Waals surface area contributed by atoms with Crippen molar-refractivity contribution in [1.29, 1.82) is 0 Å². The molecule has 15 heavy (non-hydrogen) atoms. The van der Waals surface area contributed by atoms with Gasteiger partial charge in [0, 0.05) is 18.5 Å². The van der Waals surface area contributed by atoms with Gasteiger partial charge in [-0.3, -0.25) is 0 Å². The molecule has 4 heteroatoms. The molecule has 1 aromatic heterocycles. The fourth-order valence-corrected chi connectivity index (χ4v) is 0.748. The summed E-state index contributed by atoms with van der Waals surface area (Å²) >= 11 is 0.